The van der Waals surface area contributed by atoms with Gasteiger partial charge in [0.25, 0.3) is 0 Å². The van der Waals surface area contributed by atoms with Gasteiger partial charge in [0.05, 0.1) is 12.0 Å². The van der Waals surface area contributed by atoms with Crippen molar-refractivity contribution in [2.24, 2.45) is 0 Å². The van der Waals surface area contributed by atoms with Crippen LogP contribution in [0.4, 0.5) is 0 Å². The quantitative estimate of drug-likeness (QED) is 0.576. The Labute approximate surface area is 187 Å². The summed E-state index contributed by atoms with van der Waals surface area (Å²) in [6.07, 6.45) is 2.71. The molecule has 1 aliphatic carbocycles. The molecule has 0 aromatic heterocycles. The first kappa shape index (κ1) is 19.2. The van der Waals surface area contributed by atoms with E-state index in [1.165, 1.54) is 5.56 Å². The SMILES string of the molecule is O=C(N(Cc1ccc2c(c1)CCO2)Cc1ccc2c(c1)OCO2)C1(c2ccccc2)CC1. The summed E-state index contributed by atoms with van der Waals surface area (Å²) in [5.41, 5.74) is 4.10. The fraction of sp³-hybridized carbons (Fsp3) is 0.296. The molecule has 3 aromatic carbocycles. The first-order chi connectivity index (χ1) is 15.7. The number of hydrogen-bond donors (Lipinski definition) is 0. The molecule has 1 amide bonds. The molecule has 2 heterocycles. The number of ether oxygens (including phenoxy) is 3. The van der Waals surface area contributed by atoms with Gasteiger partial charge in [-0.15, -0.1) is 0 Å². The fourth-order valence-electron chi connectivity index (χ4n) is 4.83. The van der Waals surface area contributed by atoms with Crippen LogP contribution in [0, 0.1) is 0 Å². The van der Waals surface area contributed by atoms with Crippen LogP contribution in [-0.4, -0.2) is 24.2 Å². The summed E-state index contributed by atoms with van der Waals surface area (Å²) < 4.78 is 16.7. The molecule has 0 radical (unpaired) electrons. The highest BCUT2D eigenvalue weighted by atomic mass is 16.7. The molecule has 162 valence electrons. The minimum absolute atomic E-state index is 0.193. The Morgan fingerprint density at radius 3 is 2.31 bits per heavy atom. The van der Waals surface area contributed by atoms with Crippen molar-refractivity contribution in [2.45, 2.75) is 37.8 Å². The molecular weight excluding hydrogens is 402 g/mol. The van der Waals surface area contributed by atoms with Gasteiger partial charge >= 0.3 is 0 Å². The lowest BCUT2D eigenvalue weighted by atomic mass is 9.93. The van der Waals surface area contributed by atoms with Crippen LogP contribution >= 0.6 is 0 Å². The average molecular weight is 428 g/mol. The van der Waals surface area contributed by atoms with Crippen molar-refractivity contribution < 1.29 is 19.0 Å². The maximum absolute atomic E-state index is 13.9. The molecule has 0 saturated heterocycles. The lowest BCUT2D eigenvalue weighted by molar-refractivity contribution is -0.135. The van der Waals surface area contributed by atoms with Crippen molar-refractivity contribution in [1.82, 2.24) is 4.90 Å². The third-order valence-corrected chi connectivity index (χ3v) is 6.71. The second-order valence-electron chi connectivity index (χ2n) is 8.84. The molecule has 5 heteroatoms. The van der Waals surface area contributed by atoms with Gasteiger partial charge in [-0.25, -0.2) is 0 Å². The van der Waals surface area contributed by atoms with E-state index in [-0.39, 0.29) is 12.7 Å². The molecule has 32 heavy (non-hydrogen) atoms. The highest BCUT2D eigenvalue weighted by Crippen LogP contribution is 2.50. The summed E-state index contributed by atoms with van der Waals surface area (Å²) in [6.45, 7) is 2.07. The number of carbonyl (C=O) groups is 1. The Kier molecular flexibility index (Phi) is 4.56. The Hall–Kier alpha value is -3.47. The van der Waals surface area contributed by atoms with Crippen LogP contribution in [0.25, 0.3) is 0 Å². The second kappa shape index (κ2) is 7.59. The van der Waals surface area contributed by atoms with Crippen LogP contribution in [0.2, 0.25) is 0 Å². The Morgan fingerprint density at radius 1 is 0.812 bits per heavy atom. The van der Waals surface area contributed by atoms with Crippen molar-refractivity contribution in [2.75, 3.05) is 13.4 Å². The molecule has 6 rings (SSSR count). The summed E-state index contributed by atoms with van der Waals surface area (Å²) in [7, 11) is 0. The van der Waals surface area contributed by atoms with Crippen molar-refractivity contribution in [3.63, 3.8) is 0 Å². The molecule has 1 fully saturated rings. The zero-order chi connectivity index (χ0) is 21.5. The van der Waals surface area contributed by atoms with Gasteiger partial charge in [0.15, 0.2) is 11.5 Å². The van der Waals surface area contributed by atoms with Crippen LogP contribution in [0.15, 0.2) is 66.7 Å². The van der Waals surface area contributed by atoms with E-state index in [1.807, 2.05) is 47.4 Å². The van der Waals surface area contributed by atoms with Gasteiger partial charge < -0.3 is 19.1 Å². The molecule has 1 saturated carbocycles. The van der Waals surface area contributed by atoms with Crippen LogP contribution in [0.1, 0.15) is 35.1 Å². The molecule has 3 aliphatic rings. The Balaban J connectivity index is 1.32. The molecule has 0 spiro atoms. The topological polar surface area (TPSA) is 48.0 Å². The molecule has 3 aromatic rings. The zero-order valence-electron chi connectivity index (χ0n) is 17.9. The standard InChI is InChI=1S/C27H25NO4/c29-26(27(11-12-27)22-4-2-1-3-5-22)28(16-19-6-8-23-21(14-19)10-13-30-23)17-20-7-9-24-25(15-20)32-18-31-24/h1-9,14-15H,10-13,16-18H2. The molecule has 0 N–H and O–H groups in total. The summed E-state index contributed by atoms with van der Waals surface area (Å²) in [5, 5.41) is 0. The normalized spacial score (nSPS) is 16.9. The molecular formula is C27H25NO4. The first-order valence-corrected chi connectivity index (χ1v) is 11.2. The van der Waals surface area contributed by atoms with E-state index in [0.717, 1.165) is 59.8 Å². The third kappa shape index (κ3) is 3.38. The lowest BCUT2D eigenvalue weighted by Gasteiger charge is -2.28. The van der Waals surface area contributed by atoms with Gasteiger partial charge in [-0.1, -0.05) is 48.5 Å². The van der Waals surface area contributed by atoms with Crippen molar-refractivity contribution in [3.05, 3.63) is 89.0 Å². The van der Waals surface area contributed by atoms with E-state index in [9.17, 15) is 4.79 Å². The van der Waals surface area contributed by atoms with Crippen molar-refractivity contribution >= 4 is 5.91 Å². The van der Waals surface area contributed by atoms with Gasteiger partial charge in [-0.2, -0.15) is 0 Å². The van der Waals surface area contributed by atoms with Gasteiger partial charge in [-0.3, -0.25) is 4.79 Å². The smallest absolute Gasteiger partial charge is 0.233 e. The van der Waals surface area contributed by atoms with E-state index >= 15 is 0 Å². The maximum Gasteiger partial charge on any atom is 0.233 e. The zero-order valence-corrected chi connectivity index (χ0v) is 17.9. The Morgan fingerprint density at radius 2 is 1.53 bits per heavy atom. The van der Waals surface area contributed by atoms with Crippen LogP contribution in [0.5, 0.6) is 17.2 Å². The monoisotopic (exact) mass is 427 g/mol. The molecule has 2 aliphatic heterocycles. The van der Waals surface area contributed by atoms with Crippen LogP contribution in [0.3, 0.4) is 0 Å². The minimum atomic E-state index is -0.405. The van der Waals surface area contributed by atoms with Crippen LogP contribution < -0.4 is 14.2 Å². The summed E-state index contributed by atoms with van der Waals surface area (Å²) in [6, 6.07) is 22.4. The second-order valence-corrected chi connectivity index (χ2v) is 8.84. The fourth-order valence-corrected chi connectivity index (χ4v) is 4.83. The predicted molar refractivity (Wildman–Crippen MR) is 120 cm³/mol. The van der Waals surface area contributed by atoms with Gasteiger partial charge in [0, 0.05) is 19.5 Å². The molecule has 5 nitrogen and oxygen atoms in total. The van der Waals surface area contributed by atoms with E-state index in [4.69, 9.17) is 14.2 Å². The Bertz CT molecular complexity index is 1110. The van der Waals surface area contributed by atoms with E-state index in [0.29, 0.717) is 13.1 Å². The van der Waals surface area contributed by atoms with Crippen molar-refractivity contribution in [1.29, 1.82) is 0 Å². The molecule has 0 bridgehead atoms. The van der Waals surface area contributed by atoms with E-state index in [2.05, 4.69) is 24.3 Å². The maximum atomic E-state index is 13.9. The predicted octanol–water partition coefficient (Wildman–Crippen LogP) is 4.61. The highest BCUT2D eigenvalue weighted by Gasteiger charge is 2.52. The van der Waals surface area contributed by atoms with Gasteiger partial charge in [-0.05, 0) is 53.3 Å². The number of amides is 1. The lowest BCUT2D eigenvalue weighted by Crippen LogP contribution is -2.38. The number of carbonyl (C=O) groups excluding carboxylic acids is 1. The van der Waals surface area contributed by atoms with Crippen molar-refractivity contribution in [3.8, 4) is 17.2 Å². The molecule has 0 unspecified atom stereocenters. The van der Waals surface area contributed by atoms with E-state index in [1.54, 1.807) is 0 Å². The largest absolute Gasteiger partial charge is 0.493 e. The number of hydrogen-bond acceptors (Lipinski definition) is 4. The number of benzene rings is 3. The summed E-state index contributed by atoms with van der Waals surface area (Å²) in [4.78, 5) is 15.9. The minimum Gasteiger partial charge on any atom is -0.493 e. The first-order valence-electron chi connectivity index (χ1n) is 11.2. The highest BCUT2D eigenvalue weighted by molar-refractivity contribution is 5.91. The van der Waals surface area contributed by atoms with Gasteiger partial charge in [0.2, 0.25) is 12.7 Å². The third-order valence-electron chi connectivity index (χ3n) is 6.71. The van der Waals surface area contributed by atoms with Crippen LogP contribution in [-0.2, 0) is 29.7 Å². The number of rotatable bonds is 6. The summed E-state index contributed by atoms with van der Waals surface area (Å²) >= 11 is 0. The average Bonchev–Trinajstić information content (AvgIpc) is 3.27. The molecule has 0 atom stereocenters. The van der Waals surface area contributed by atoms with Gasteiger partial charge in [0.1, 0.15) is 5.75 Å². The number of fused-ring (bicyclic) bond motifs is 2. The summed E-state index contributed by atoms with van der Waals surface area (Å²) in [5.74, 6) is 2.66. The number of nitrogens with zero attached hydrogens (tertiary/aromatic N) is 1. The van der Waals surface area contributed by atoms with E-state index < -0.39 is 5.41 Å².